The third kappa shape index (κ3) is 3.24. The van der Waals surface area contributed by atoms with E-state index in [2.05, 4.69) is 31.1 Å². The number of nitrogens with zero attached hydrogens (tertiary/aromatic N) is 2. The summed E-state index contributed by atoms with van der Waals surface area (Å²) in [6.07, 6.45) is 3.73. The summed E-state index contributed by atoms with van der Waals surface area (Å²) < 4.78 is 5.82. The Balaban J connectivity index is 1.64. The molecule has 2 amide bonds. The number of aromatic nitrogens is 1. The Kier molecular flexibility index (Phi) is 4.65. The van der Waals surface area contributed by atoms with Crippen molar-refractivity contribution in [3.05, 3.63) is 15.6 Å². The Hall–Kier alpha value is -1.14. The molecule has 0 aromatic carbocycles. The highest BCUT2D eigenvalue weighted by molar-refractivity contribution is 7.11. The van der Waals surface area contributed by atoms with Gasteiger partial charge in [-0.25, -0.2) is 9.78 Å². The molecule has 5 nitrogen and oxygen atoms in total. The van der Waals surface area contributed by atoms with Gasteiger partial charge >= 0.3 is 6.03 Å². The number of urea groups is 1. The number of rotatable bonds is 4. The van der Waals surface area contributed by atoms with Crippen LogP contribution in [0.4, 0.5) is 4.79 Å². The lowest BCUT2D eigenvalue weighted by Crippen LogP contribution is -2.47. The molecule has 1 aromatic rings. The summed E-state index contributed by atoms with van der Waals surface area (Å²) in [5.74, 6) is 0.421. The third-order valence-corrected chi connectivity index (χ3v) is 6.67. The largest absolute Gasteiger partial charge is 0.373 e. The second-order valence-corrected chi connectivity index (χ2v) is 8.17. The first-order valence-electron chi connectivity index (χ1n) is 8.52. The van der Waals surface area contributed by atoms with Gasteiger partial charge in [-0.3, -0.25) is 0 Å². The fourth-order valence-corrected chi connectivity index (χ4v) is 4.63. The van der Waals surface area contributed by atoms with Crippen LogP contribution in [0.1, 0.15) is 67.6 Å². The van der Waals surface area contributed by atoms with Gasteiger partial charge in [-0.05, 0) is 33.1 Å². The van der Waals surface area contributed by atoms with Crippen LogP contribution in [-0.2, 0) is 4.74 Å². The van der Waals surface area contributed by atoms with Crippen molar-refractivity contribution >= 4 is 17.4 Å². The highest BCUT2D eigenvalue weighted by Crippen LogP contribution is 2.35. The van der Waals surface area contributed by atoms with E-state index >= 15 is 0 Å². The van der Waals surface area contributed by atoms with E-state index < -0.39 is 0 Å². The maximum atomic E-state index is 12.6. The number of hydrogen-bond acceptors (Lipinski definition) is 4. The predicted octanol–water partition coefficient (Wildman–Crippen LogP) is 3.60. The Morgan fingerprint density at radius 2 is 2.13 bits per heavy atom. The van der Waals surface area contributed by atoms with Crippen LogP contribution in [0.3, 0.4) is 0 Å². The molecular weight excluding hydrogens is 310 g/mol. The van der Waals surface area contributed by atoms with Crippen LogP contribution in [0.2, 0.25) is 0 Å². The van der Waals surface area contributed by atoms with Gasteiger partial charge in [0.1, 0.15) is 0 Å². The SMILES string of the molecule is Cc1nc(C(C)C)sc1[C@H](C)N(C)C(=O)N[C@@H]1C[C@H]2CC[C@H]1O2. The molecule has 2 aliphatic heterocycles. The zero-order valence-corrected chi connectivity index (χ0v) is 15.4. The van der Waals surface area contributed by atoms with Gasteiger partial charge in [-0.2, -0.15) is 0 Å². The average molecular weight is 337 g/mol. The van der Waals surface area contributed by atoms with E-state index in [0.29, 0.717) is 12.0 Å². The van der Waals surface area contributed by atoms with Gasteiger partial charge in [-0.15, -0.1) is 11.3 Å². The summed E-state index contributed by atoms with van der Waals surface area (Å²) >= 11 is 1.72. The van der Waals surface area contributed by atoms with E-state index in [4.69, 9.17) is 4.74 Å². The number of thiazole rings is 1. The van der Waals surface area contributed by atoms with Crippen molar-refractivity contribution in [1.29, 1.82) is 0 Å². The molecule has 2 aliphatic rings. The lowest BCUT2D eigenvalue weighted by Gasteiger charge is -2.28. The highest BCUT2D eigenvalue weighted by atomic mass is 32.1. The maximum absolute atomic E-state index is 12.6. The number of nitrogens with one attached hydrogen (secondary N) is 1. The van der Waals surface area contributed by atoms with Gasteiger partial charge in [0.15, 0.2) is 0 Å². The minimum atomic E-state index is -0.0162. The molecular formula is C17H27N3O2S. The van der Waals surface area contributed by atoms with Crippen molar-refractivity contribution in [2.45, 2.75) is 77.2 Å². The Morgan fingerprint density at radius 1 is 1.39 bits per heavy atom. The minimum Gasteiger partial charge on any atom is -0.373 e. The first-order chi connectivity index (χ1) is 10.9. The smallest absolute Gasteiger partial charge is 0.317 e. The summed E-state index contributed by atoms with van der Waals surface area (Å²) in [5.41, 5.74) is 1.04. The molecule has 6 heteroatoms. The second-order valence-electron chi connectivity index (χ2n) is 7.11. The standard InChI is InChI=1S/C17H27N3O2S/c1-9(2)16-18-10(3)15(23-16)11(4)20(5)17(21)19-13-8-12-6-7-14(13)22-12/h9,11-14H,6-8H2,1-5H3,(H,19,21)/t11-,12+,13+,14+/m0/s1. The van der Waals surface area contributed by atoms with Crippen LogP contribution in [-0.4, -0.2) is 41.2 Å². The zero-order chi connectivity index (χ0) is 16.7. The van der Waals surface area contributed by atoms with Crippen molar-refractivity contribution < 1.29 is 9.53 Å². The summed E-state index contributed by atoms with van der Waals surface area (Å²) in [7, 11) is 1.86. The van der Waals surface area contributed by atoms with Crippen molar-refractivity contribution in [2.75, 3.05) is 7.05 Å². The monoisotopic (exact) mass is 337 g/mol. The van der Waals surface area contributed by atoms with Gasteiger partial charge < -0.3 is 15.0 Å². The lowest BCUT2D eigenvalue weighted by molar-refractivity contribution is 0.0969. The second kappa shape index (κ2) is 6.40. The number of carbonyl (C=O) groups excluding carboxylic acids is 1. The van der Waals surface area contributed by atoms with Crippen LogP contribution in [0, 0.1) is 6.92 Å². The molecule has 23 heavy (non-hydrogen) atoms. The molecule has 4 atom stereocenters. The molecule has 1 N–H and O–H groups in total. The van der Waals surface area contributed by atoms with Gasteiger partial charge in [0.05, 0.1) is 35.0 Å². The molecule has 0 unspecified atom stereocenters. The molecule has 2 fully saturated rings. The Bertz CT molecular complexity index is 586. The molecule has 0 aliphatic carbocycles. The molecule has 0 saturated carbocycles. The van der Waals surface area contributed by atoms with E-state index in [1.54, 1.807) is 16.2 Å². The number of ether oxygens (including phenoxy) is 1. The molecule has 0 spiro atoms. The predicted molar refractivity (Wildman–Crippen MR) is 91.9 cm³/mol. The highest BCUT2D eigenvalue weighted by Gasteiger charge is 2.42. The van der Waals surface area contributed by atoms with E-state index in [-0.39, 0.29) is 24.2 Å². The number of hydrogen-bond donors (Lipinski definition) is 1. The van der Waals surface area contributed by atoms with Crippen molar-refractivity contribution in [3.63, 3.8) is 0 Å². The summed E-state index contributed by atoms with van der Waals surface area (Å²) in [4.78, 5) is 20.2. The molecule has 0 radical (unpaired) electrons. The first kappa shape index (κ1) is 16.7. The van der Waals surface area contributed by atoms with Gasteiger partial charge in [0.25, 0.3) is 0 Å². The third-order valence-electron chi connectivity index (χ3n) is 5.04. The molecule has 3 rings (SSSR count). The van der Waals surface area contributed by atoms with E-state index in [1.165, 1.54) is 4.88 Å². The number of aryl methyl sites for hydroxylation is 1. The average Bonchev–Trinajstić information content (AvgIpc) is 3.20. The molecule has 1 aromatic heterocycles. The summed E-state index contributed by atoms with van der Waals surface area (Å²) in [5, 5.41) is 4.29. The van der Waals surface area contributed by atoms with Crippen LogP contribution in [0.25, 0.3) is 0 Å². The Labute approximate surface area is 142 Å². The van der Waals surface area contributed by atoms with Crippen LogP contribution >= 0.6 is 11.3 Å². The molecule has 2 bridgehead atoms. The molecule has 2 saturated heterocycles. The fraction of sp³-hybridized carbons (Fsp3) is 0.765. The quantitative estimate of drug-likeness (QED) is 0.913. The number of carbonyl (C=O) groups is 1. The van der Waals surface area contributed by atoms with Crippen molar-refractivity contribution in [2.24, 2.45) is 0 Å². The van der Waals surface area contributed by atoms with Crippen LogP contribution in [0.15, 0.2) is 0 Å². The number of amides is 2. The van der Waals surface area contributed by atoms with Crippen molar-refractivity contribution in [3.8, 4) is 0 Å². The van der Waals surface area contributed by atoms with Crippen molar-refractivity contribution in [1.82, 2.24) is 15.2 Å². The van der Waals surface area contributed by atoms with Gasteiger partial charge in [-0.1, -0.05) is 13.8 Å². The minimum absolute atomic E-state index is 0.0162. The molecule has 128 valence electrons. The van der Waals surface area contributed by atoms with E-state index in [0.717, 1.165) is 30.0 Å². The first-order valence-corrected chi connectivity index (χ1v) is 9.34. The Morgan fingerprint density at radius 3 is 2.65 bits per heavy atom. The normalized spacial score (nSPS) is 27.5. The number of fused-ring (bicyclic) bond motifs is 2. The summed E-state index contributed by atoms with van der Waals surface area (Å²) in [6, 6.07) is 0.182. The molecule has 3 heterocycles. The fourth-order valence-electron chi connectivity index (χ4n) is 3.47. The topological polar surface area (TPSA) is 54.5 Å². The van der Waals surface area contributed by atoms with Crippen LogP contribution in [0.5, 0.6) is 0 Å². The lowest BCUT2D eigenvalue weighted by atomic mass is 9.96. The van der Waals surface area contributed by atoms with Gasteiger partial charge in [0.2, 0.25) is 0 Å². The maximum Gasteiger partial charge on any atom is 0.317 e. The zero-order valence-electron chi connectivity index (χ0n) is 14.6. The van der Waals surface area contributed by atoms with Gasteiger partial charge in [0, 0.05) is 17.8 Å². The van der Waals surface area contributed by atoms with E-state index in [1.807, 2.05) is 14.0 Å². The van der Waals surface area contributed by atoms with E-state index in [9.17, 15) is 4.79 Å². The summed E-state index contributed by atoms with van der Waals surface area (Å²) in [6.45, 7) is 8.40. The van der Waals surface area contributed by atoms with Crippen LogP contribution < -0.4 is 5.32 Å².